The van der Waals surface area contributed by atoms with E-state index in [9.17, 15) is 0 Å². The molecule has 0 bridgehead atoms. The molecule has 6 heteroatoms. The number of aliphatic imine (C=N–C) groups is 2. The Morgan fingerprint density at radius 1 is 0.462 bits per heavy atom. The van der Waals surface area contributed by atoms with E-state index < -0.39 is 0 Å². The first-order chi connectivity index (χ1) is 23.8. The van der Waals surface area contributed by atoms with E-state index in [0.29, 0.717) is 0 Å². The van der Waals surface area contributed by atoms with Gasteiger partial charge in [0.15, 0.2) is 0 Å². The van der Waals surface area contributed by atoms with Crippen molar-refractivity contribution in [2.75, 3.05) is 0 Å². The van der Waals surface area contributed by atoms with E-state index in [4.69, 9.17) is 15.0 Å². The molecular weight excluding hydrogens is 716 g/mol. The summed E-state index contributed by atoms with van der Waals surface area (Å²) in [4.78, 5) is 16.1. The van der Waals surface area contributed by atoms with Crippen molar-refractivity contribution >= 4 is 22.8 Å². The molecule has 2 aromatic carbocycles. The van der Waals surface area contributed by atoms with Crippen molar-refractivity contribution in [3.8, 4) is 0 Å². The van der Waals surface area contributed by atoms with Gasteiger partial charge in [0.05, 0.1) is 34.2 Å². The van der Waals surface area contributed by atoms with Gasteiger partial charge in [-0.15, -0.1) is 0 Å². The van der Waals surface area contributed by atoms with Gasteiger partial charge in [-0.2, -0.15) is 0 Å². The van der Waals surface area contributed by atoms with Crippen molar-refractivity contribution in [1.82, 2.24) is 4.98 Å². The molecule has 3 nitrogen and oxygen atoms in total. The summed E-state index contributed by atoms with van der Waals surface area (Å²) >= 11 is 0. The average Bonchev–Trinajstić information content (AvgIpc) is 3.10. The van der Waals surface area contributed by atoms with Gasteiger partial charge in [0.2, 0.25) is 0 Å². The first-order valence-electron chi connectivity index (χ1n) is 20.2. The van der Waals surface area contributed by atoms with Gasteiger partial charge in [-0.25, -0.2) is 4.98 Å². The molecule has 0 amide bonds. The Morgan fingerprint density at radius 3 is 1.00 bits per heavy atom. The summed E-state index contributed by atoms with van der Waals surface area (Å²) in [6.45, 7) is 20.2. The van der Waals surface area contributed by atoms with Crippen LogP contribution in [0.15, 0.2) is 46.4 Å². The van der Waals surface area contributed by atoms with Crippen molar-refractivity contribution in [2.45, 2.75) is 178 Å². The number of halogens is 2. The second-order valence-corrected chi connectivity index (χ2v) is 14.5. The van der Waals surface area contributed by atoms with Gasteiger partial charge in [0, 0.05) is 0 Å². The zero-order valence-electron chi connectivity index (χ0n) is 34.2. The molecule has 1 aromatic heterocycles. The van der Waals surface area contributed by atoms with E-state index in [1.165, 1.54) is 127 Å². The van der Waals surface area contributed by atoms with Crippen LogP contribution in [-0.2, 0) is 57.1 Å². The summed E-state index contributed by atoms with van der Waals surface area (Å²) in [5, 5.41) is 0. The minimum atomic E-state index is 0. The Kier molecular flexibility index (Phi) is 26.6. The smallest absolute Gasteiger partial charge is 1.00 e. The van der Waals surface area contributed by atoms with Crippen molar-refractivity contribution in [1.29, 1.82) is 0 Å². The summed E-state index contributed by atoms with van der Waals surface area (Å²) in [5.74, 6) is 0. The second kappa shape index (κ2) is 27.6. The molecule has 0 N–H and O–H groups in total. The molecule has 3 aromatic rings. The maximum Gasteiger partial charge on any atom is 2.00 e. The first kappa shape index (κ1) is 50.1. The fourth-order valence-corrected chi connectivity index (χ4v) is 6.72. The van der Waals surface area contributed by atoms with Gasteiger partial charge in [0.25, 0.3) is 0 Å². The Morgan fingerprint density at radius 2 is 0.731 bits per heavy atom. The molecule has 0 aliphatic carbocycles. The molecule has 0 unspecified atom stereocenters. The molecule has 0 saturated heterocycles. The first-order valence-corrected chi connectivity index (χ1v) is 20.2. The molecule has 287 valence electrons. The maximum atomic E-state index is 5.43. The fraction of sp³-hybridized carbons (Fsp3) is 0.587. The van der Waals surface area contributed by atoms with E-state index in [1.807, 2.05) is 0 Å². The van der Waals surface area contributed by atoms with Gasteiger partial charge in [-0.3, -0.25) is 9.98 Å². The third-order valence-corrected chi connectivity index (χ3v) is 9.76. The number of nitrogens with zero attached hydrogens (tertiary/aromatic N) is 3. The number of benzene rings is 2. The zero-order chi connectivity index (χ0) is 35.6. The maximum absolute atomic E-state index is 5.43. The van der Waals surface area contributed by atoms with Crippen LogP contribution in [0.2, 0.25) is 0 Å². The van der Waals surface area contributed by atoms with Crippen LogP contribution in [0.25, 0.3) is 0 Å². The van der Waals surface area contributed by atoms with E-state index in [0.717, 1.165) is 61.3 Å². The number of unbranched alkanes of at least 4 members (excludes halogenated alkanes) is 6. The molecule has 0 spiro atoms. The second-order valence-electron chi connectivity index (χ2n) is 14.5. The predicted molar refractivity (Wildman–Crippen MR) is 217 cm³/mol. The van der Waals surface area contributed by atoms with Crippen LogP contribution in [0.4, 0.5) is 11.4 Å². The molecule has 0 saturated carbocycles. The van der Waals surface area contributed by atoms with Gasteiger partial charge >= 0.3 is 18.6 Å². The van der Waals surface area contributed by atoms with E-state index in [-0.39, 0.29) is 43.4 Å². The van der Waals surface area contributed by atoms with Gasteiger partial charge in [-0.1, -0.05) is 104 Å². The molecule has 0 aliphatic heterocycles. The van der Waals surface area contributed by atoms with Crippen LogP contribution in [-0.4, -0.2) is 16.4 Å². The summed E-state index contributed by atoms with van der Waals surface area (Å²) in [6.07, 6.45) is 21.1. The zero-order valence-corrected chi connectivity index (χ0v) is 37.1. The average molecular weight is 786 g/mol. The largest absolute Gasteiger partial charge is 2.00 e. The number of rotatable bonds is 22. The summed E-state index contributed by atoms with van der Waals surface area (Å²) in [7, 11) is 0. The molecule has 0 aliphatic rings. The van der Waals surface area contributed by atoms with Crippen molar-refractivity contribution < 1.29 is 43.4 Å². The Hall–Kier alpha value is -1.91. The molecule has 52 heavy (non-hydrogen) atoms. The van der Waals surface area contributed by atoms with E-state index in [2.05, 4.69) is 98.7 Å². The van der Waals surface area contributed by atoms with Crippen molar-refractivity contribution in [2.24, 2.45) is 9.98 Å². The summed E-state index contributed by atoms with van der Waals surface area (Å²) < 4.78 is 0. The van der Waals surface area contributed by atoms with Crippen LogP contribution in [0, 0.1) is 6.92 Å². The van der Waals surface area contributed by atoms with E-state index >= 15 is 0 Å². The molecule has 3 rings (SSSR count). The van der Waals surface area contributed by atoms with Crippen LogP contribution in [0.3, 0.4) is 0 Å². The van der Waals surface area contributed by atoms with Crippen molar-refractivity contribution in [3.05, 3.63) is 86.7 Å². The number of hydrogen-bond donors (Lipinski definition) is 0. The Balaban J connectivity index is 0.00000867. The normalized spacial score (nSPS) is 11.6. The van der Waals surface area contributed by atoms with Crippen LogP contribution < -0.4 is 24.8 Å². The number of hydrogen-bond acceptors (Lipinski definition) is 3. The number of aromatic nitrogens is 1. The van der Waals surface area contributed by atoms with Crippen molar-refractivity contribution in [3.63, 3.8) is 0 Å². The minimum absolute atomic E-state index is 0. The molecular formula is C46H69Cl2N3V. The monoisotopic (exact) mass is 784 g/mol. The van der Waals surface area contributed by atoms with Gasteiger partial charge in [0.1, 0.15) is 0 Å². The molecule has 0 fully saturated rings. The number of pyridine rings is 1. The van der Waals surface area contributed by atoms with Gasteiger partial charge < -0.3 is 24.8 Å². The van der Waals surface area contributed by atoms with Gasteiger partial charge in [-0.05, 0) is 149 Å². The predicted octanol–water partition coefficient (Wildman–Crippen LogP) is 7.73. The molecule has 1 radical (unpaired) electrons. The fourth-order valence-electron chi connectivity index (χ4n) is 6.72. The minimum Gasteiger partial charge on any atom is -1.00 e. The Labute approximate surface area is 343 Å². The SMILES string of the molecule is CCCCc1cc(CCCC)c(N=C(C)c2cc(C)cc(C(C)=Nc3c(CCCC)cc(CCCC)cc3CCCC)n2)c(CCCC)c1.[Cl-].[Cl-].[V+2]. The van der Waals surface area contributed by atoms with Crippen LogP contribution in [0.5, 0.6) is 0 Å². The third-order valence-electron chi connectivity index (χ3n) is 9.76. The van der Waals surface area contributed by atoms with Crippen LogP contribution >= 0.6 is 0 Å². The topological polar surface area (TPSA) is 37.6 Å². The summed E-state index contributed by atoms with van der Waals surface area (Å²) in [5.41, 5.74) is 16.1. The van der Waals surface area contributed by atoms with Crippen LogP contribution in [0.1, 0.15) is 183 Å². The summed E-state index contributed by atoms with van der Waals surface area (Å²) in [6, 6.07) is 14.2. The molecule has 1 heterocycles. The standard InChI is InChI=1S/C46H69N3.2ClH.V/c1-10-16-22-37-30-39(24-18-12-3)45(40(31-37)25-19-13-4)47-35(8)43-28-34(7)29-44(49-43)36(9)48-46-41(26-20-14-5)32-38(23-17-11-2)33-42(46)27-21-15-6;;;/h28-33H,10-27H2,1-9H3;2*1H;/q;;;+2/p-2. The Bertz CT molecular complexity index is 1360. The number of aryl methyl sites for hydroxylation is 7. The quantitative estimate of drug-likeness (QED) is 0.0962. The molecule has 0 atom stereocenters. The third kappa shape index (κ3) is 15.8. The van der Waals surface area contributed by atoms with E-state index in [1.54, 1.807) is 0 Å².